The zero-order valence-corrected chi connectivity index (χ0v) is 17.4. The van der Waals surface area contributed by atoms with E-state index in [2.05, 4.69) is 13.8 Å². The summed E-state index contributed by atoms with van der Waals surface area (Å²) in [5.41, 5.74) is 2.69. The van der Waals surface area contributed by atoms with Gasteiger partial charge in [0.25, 0.3) is 11.7 Å². The van der Waals surface area contributed by atoms with Gasteiger partial charge in [0.15, 0.2) is 0 Å². The van der Waals surface area contributed by atoms with E-state index in [1.54, 1.807) is 29.2 Å². The molecular weight excluding hydrogens is 364 g/mol. The first-order chi connectivity index (χ1) is 13.8. The minimum Gasteiger partial charge on any atom is -0.507 e. The highest BCUT2D eigenvalue weighted by Crippen LogP contribution is 2.39. The first-order valence-corrected chi connectivity index (χ1v) is 9.89. The Balaban J connectivity index is 2.11. The van der Waals surface area contributed by atoms with Crippen LogP contribution in [-0.2, 0) is 9.59 Å². The molecule has 5 heteroatoms. The Morgan fingerprint density at radius 2 is 1.66 bits per heavy atom. The van der Waals surface area contributed by atoms with Crippen LogP contribution in [0.5, 0.6) is 0 Å². The lowest BCUT2D eigenvalue weighted by molar-refractivity contribution is -0.140. The predicted octanol–water partition coefficient (Wildman–Crippen LogP) is 3.79. The van der Waals surface area contributed by atoms with E-state index in [-0.39, 0.29) is 11.3 Å². The van der Waals surface area contributed by atoms with Crippen molar-refractivity contribution in [1.82, 2.24) is 9.80 Å². The number of aliphatic hydroxyl groups excluding tert-OH is 1. The first-order valence-electron chi connectivity index (χ1n) is 9.89. The largest absolute Gasteiger partial charge is 0.507 e. The van der Waals surface area contributed by atoms with Crippen LogP contribution >= 0.6 is 0 Å². The smallest absolute Gasteiger partial charge is 0.295 e. The Hall–Kier alpha value is -2.92. The highest BCUT2D eigenvalue weighted by molar-refractivity contribution is 6.46. The summed E-state index contributed by atoms with van der Waals surface area (Å²) >= 11 is 0. The lowest BCUT2D eigenvalue weighted by Gasteiger charge is -2.27. The molecule has 2 aromatic carbocycles. The maximum absolute atomic E-state index is 12.9. The number of hydrogen-bond acceptors (Lipinski definition) is 4. The molecule has 0 bridgehead atoms. The van der Waals surface area contributed by atoms with E-state index < -0.39 is 17.7 Å². The maximum atomic E-state index is 12.9. The first kappa shape index (κ1) is 20.8. The fraction of sp³-hybridized carbons (Fsp3) is 0.333. The molecule has 0 spiro atoms. The molecule has 0 aliphatic carbocycles. The van der Waals surface area contributed by atoms with Crippen molar-refractivity contribution in [2.24, 2.45) is 0 Å². The number of carbonyl (C=O) groups excluding carboxylic acids is 2. The number of ketones is 1. The molecule has 2 aromatic rings. The van der Waals surface area contributed by atoms with Crippen molar-refractivity contribution in [1.29, 1.82) is 0 Å². The van der Waals surface area contributed by atoms with E-state index >= 15 is 0 Å². The molecule has 1 atom stereocenters. The van der Waals surface area contributed by atoms with Crippen LogP contribution in [0.1, 0.15) is 42.5 Å². The summed E-state index contributed by atoms with van der Waals surface area (Å²) in [5, 5.41) is 10.9. The lowest BCUT2D eigenvalue weighted by atomic mass is 9.93. The Labute approximate surface area is 172 Å². The van der Waals surface area contributed by atoms with Gasteiger partial charge < -0.3 is 14.9 Å². The SMILES string of the molecule is CC(C)c1ccc(C2C(=C(O)c3ccccc3)C(=O)C(=O)N2CCN(C)C)cc1. The number of Topliss-reactive ketones (excluding diaryl/α,β-unsaturated/α-hetero) is 1. The van der Waals surface area contributed by atoms with Crippen molar-refractivity contribution in [2.45, 2.75) is 25.8 Å². The second-order valence-corrected chi connectivity index (χ2v) is 7.98. The Bertz CT molecular complexity index is 915. The molecule has 3 rings (SSSR count). The summed E-state index contributed by atoms with van der Waals surface area (Å²) in [4.78, 5) is 29.3. The quantitative estimate of drug-likeness (QED) is 0.462. The second-order valence-electron chi connectivity index (χ2n) is 7.98. The van der Waals surface area contributed by atoms with Crippen LogP contribution in [0.2, 0.25) is 0 Å². The van der Waals surface area contributed by atoms with Gasteiger partial charge in [0.1, 0.15) is 5.76 Å². The van der Waals surface area contributed by atoms with Gasteiger partial charge in [0.2, 0.25) is 0 Å². The van der Waals surface area contributed by atoms with E-state index in [0.29, 0.717) is 24.6 Å². The van der Waals surface area contributed by atoms with Crippen LogP contribution < -0.4 is 0 Å². The molecule has 1 fully saturated rings. The number of likely N-dealkylation sites (N-methyl/N-ethyl adjacent to an activating group) is 1. The number of amides is 1. The van der Waals surface area contributed by atoms with Crippen LogP contribution in [0.15, 0.2) is 60.2 Å². The van der Waals surface area contributed by atoms with Gasteiger partial charge in [0.05, 0.1) is 11.6 Å². The van der Waals surface area contributed by atoms with Crippen LogP contribution in [0.3, 0.4) is 0 Å². The average molecular weight is 392 g/mol. The number of rotatable bonds is 6. The van der Waals surface area contributed by atoms with Crippen LogP contribution in [0.4, 0.5) is 0 Å². The highest BCUT2D eigenvalue weighted by atomic mass is 16.3. The summed E-state index contributed by atoms with van der Waals surface area (Å²) in [6, 6.07) is 16.3. The molecule has 1 N–H and O–H groups in total. The number of nitrogens with zero attached hydrogens (tertiary/aromatic N) is 2. The van der Waals surface area contributed by atoms with Crippen molar-refractivity contribution < 1.29 is 14.7 Å². The minimum absolute atomic E-state index is 0.130. The van der Waals surface area contributed by atoms with Gasteiger partial charge in [-0.15, -0.1) is 0 Å². The normalized spacial score (nSPS) is 18.8. The molecule has 0 aromatic heterocycles. The number of aliphatic hydroxyl groups is 1. The fourth-order valence-corrected chi connectivity index (χ4v) is 3.58. The molecule has 152 valence electrons. The van der Waals surface area contributed by atoms with Crippen LogP contribution in [0, 0.1) is 0 Å². The predicted molar refractivity (Wildman–Crippen MR) is 115 cm³/mol. The number of likely N-dealkylation sites (tertiary alicyclic amines) is 1. The molecule has 1 heterocycles. The van der Waals surface area contributed by atoms with E-state index in [1.807, 2.05) is 49.3 Å². The molecule has 1 amide bonds. The Morgan fingerprint density at radius 3 is 2.21 bits per heavy atom. The zero-order valence-electron chi connectivity index (χ0n) is 17.4. The molecular formula is C24H28N2O3. The summed E-state index contributed by atoms with van der Waals surface area (Å²) < 4.78 is 0. The molecule has 29 heavy (non-hydrogen) atoms. The highest BCUT2D eigenvalue weighted by Gasteiger charge is 2.45. The van der Waals surface area contributed by atoms with E-state index in [1.165, 1.54) is 5.56 Å². The fourth-order valence-electron chi connectivity index (χ4n) is 3.58. The van der Waals surface area contributed by atoms with Crippen molar-refractivity contribution >= 4 is 17.4 Å². The number of carbonyl (C=O) groups is 2. The van der Waals surface area contributed by atoms with Gasteiger partial charge in [-0.3, -0.25) is 9.59 Å². The third kappa shape index (κ3) is 4.25. The van der Waals surface area contributed by atoms with Crippen molar-refractivity contribution in [3.63, 3.8) is 0 Å². The van der Waals surface area contributed by atoms with Crippen molar-refractivity contribution in [3.05, 3.63) is 76.9 Å². The standard InChI is InChI=1S/C24H28N2O3/c1-16(2)17-10-12-18(13-11-17)21-20(22(27)19-8-6-5-7-9-19)23(28)24(29)26(21)15-14-25(3)4/h5-13,16,21,27H,14-15H2,1-4H3. The van der Waals surface area contributed by atoms with Gasteiger partial charge in [-0.25, -0.2) is 0 Å². The molecule has 0 radical (unpaired) electrons. The summed E-state index contributed by atoms with van der Waals surface area (Å²) in [5.74, 6) is -0.951. The third-order valence-electron chi connectivity index (χ3n) is 5.29. The molecule has 1 aliphatic rings. The van der Waals surface area contributed by atoms with Crippen molar-refractivity contribution in [2.75, 3.05) is 27.2 Å². The number of benzene rings is 2. The monoisotopic (exact) mass is 392 g/mol. The summed E-state index contributed by atoms with van der Waals surface area (Å²) in [6.07, 6.45) is 0. The molecule has 0 saturated carbocycles. The third-order valence-corrected chi connectivity index (χ3v) is 5.29. The van der Waals surface area contributed by atoms with E-state index in [4.69, 9.17) is 0 Å². The van der Waals surface area contributed by atoms with E-state index in [0.717, 1.165) is 5.56 Å². The van der Waals surface area contributed by atoms with Gasteiger partial charge >= 0.3 is 0 Å². The average Bonchev–Trinajstić information content (AvgIpc) is 2.97. The molecule has 5 nitrogen and oxygen atoms in total. The molecule has 1 unspecified atom stereocenters. The summed E-state index contributed by atoms with van der Waals surface area (Å²) in [6.45, 7) is 5.26. The van der Waals surface area contributed by atoms with Gasteiger partial charge in [-0.05, 0) is 31.1 Å². The Morgan fingerprint density at radius 1 is 1.03 bits per heavy atom. The lowest BCUT2D eigenvalue weighted by Crippen LogP contribution is -2.35. The van der Waals surface area contributed by atoms with Gasteiger partial charge in [-0.2, -0.15) is 0 Å². The minimum atomic E-state index is -0.636. The Kier molecular flexibility index (Phi) is 6.18. The zero-order chi connectivity index (χ0) is 21.1. The van der Waals surface area contributed by atoms with E-state index in [9.17, 15) is 14.7 Å². The van der Waals surface area contributed by atoms with Gasteiger partial charge in [0, 0.05) is 18.7 Å². The van der Waals surface area contributed by atoms with Gasteiger partial charge in [-0.1, -0.05) is 68.4 Å². The van der Waals surface area contributed by atoms with Crippen LogP contribution in [-0.4, -0.2) is 53.8 Å². The van der Waals surface area contributed by atoms with Crippen molar-refractivity contribution in [3.8, 4) is 0 Å². The maximum Gasteiger partial charge on any atom is 0.295 e. The topological polar surface area (TPSA) is 60.9 Å². The summed E-state index contributed by atoms with van der Waals surface area (Å²) in [7, 11) is 3.85. The molecule has 1 saturated heterocycles. The number of hydrogen-bond donors (Lipinski definition) is 1. The molecule has 1 aliphatic heterocycles. The second kappa shape index (κ2) is 8.62. The van der Waals surface area contributed by atoms with Crippen LogP contribution in [0.25, 0.3) is 5.76 Å².